The van der Waals surface area contributed by atoms with Gasteiger partial charge in [0.15, 0.2) is 0 Å². The summed E-state index contributed by atoms with van der Waals surface area (Å²) < 4.78 is 27.4. The second kappa shape index (κ2) is 9.72. The van der Waals surface area contributed by atoms with Gasteiger partial charge in [-0.05, 0) is 49.6 Å². The lowest BCUT2D eigenvalue weighted by Gasteiger charge is -2.23. The van der Waals surface area contributed by atoms with Crippen molar-refractivity contribution >= 4 is 21.8 Å². The highest BCUT2D eigenvalue weighted by Crippen LogP contribution is 2.26. The first-order chi connectivity index (χ1) is 14.3. The maximum absolute atomic E-state index is 13.1. The van der Waals surface area contributed by atoms with E-state index >= 15 is 0 Å². The van der Waals surface area contributed by atoms with E-state index in [0.717, 1.165) is 31.8 Å². The van der Waals surface area contributed by atoms with E-state index in [0.29, 0.717) is 12.0 Å². The number of sulfonamides is 1. The Morgan fingerprint density at radius 1 is 1.10 bits per heavy atom. The third kappa shape index (κ3) is 5.08. The number of carbonyl (C=O) groups excluding carboxylic acids is 2. The third-order valence-corrected chi connectivity index (χ3v) is 7.70. The Bertz CT molecular complexity index is 878. The summed E-state index contributed by atoms with van der Waals surface area (Å²) in [5.74, 6) is -0.586. The highest BCUT2D eigenvalue weighted by molar-refractivity contribution is 7.89. The maximum Gasteiger partial charge on any atom is 0.251 e. The molecule has 8 nitrogen and oxygen atoms in total. The fraction of sp³-hybridized carbons (Fsp3) is 0.524. The van der Waals surface area contributed by atoms with Gasteiger partial charge in [0.1, 0.15) is 0 Å². The van der Waals surface area contributed by atoms with Crippen LogP contribution in [-0.2, 0) is 14.8 Å². The summed E-state index contributed by atoms with van der Waals surface area (Å²) in [6.07, 6.45) is 6.80. The molecule has 2 amide bonds. The van der Waals surface area contributed by atoms with Crippen LogP contribution in [0.2, 0.25) is 0 Å². The molecule has 1 heterocycles. The molecule has 1 aliphatic heterocycles. The van der Waals surface area contributed by atoms with Gasteiger partial charge in [-0.2, -0.15) is 4.31 Å². The van der Waals surface area contributed by atoms with E-state index in [-0.39, 0.29) is 35.9 Å². The molecule has 30 heavy (non-hydrogen) atoms. The van der Waals surface area contributed by atoms with E-state index in [1.807, 2.05) is 0 Å². The van der Waals surface area contributed by atoms with Gasteiger partial charge in [-0.15, -0.1) is 0 Å². The molecule has 1 aliphatic carbocycles. The summed E-state index contributed by atoms with van der Waals surface area (Å²) >= 11 is 0. The van der Waals surface area contributed by atoms with Gasteiger partial charge >= 0.3 is 0 Å². The van der Waals surface area contributed by atoms with Crippen LogP contribution in [0.1, 0.15) is 48.9 Å². The minimum absolute atomic E-state index is 0.0471. The van der Waals surface area contributed by atoms with Crippen LogP contribution in [0.3, 0.4) is 0 Å². The SMILES string of the molecule is C=CC(=O)NC1CC(CO)N(S(=O)(=O)c2ccc(C(=O)NC3CCCCC3)cc2)C1. The van der Waals surface area contributed by atoms with Crippen molar-refractivity contribution < 1.29 is 23.1 Å². The summed E-state index contributed by atoms with van der Waals surface area (Å²) in [5.41, 5.74) is 0.413. The van der Waals surface area contributed by atoms with Crippen LogP contribution in [0, 0.1) is 0 Å². The highest BCUT2D eigenvalue weighted by Gasteiger charge is 2.40. The smallest absolute Gasteiger partial charge is 0.251 e. The zero-order valence-corrected chi connectivity index (χ0v) is 17.7. The summed E-state index contributed by atoms with van der Waals surface area (Å²) in [7, 11) is -3.88. The first kappa shape index (κ1) is 22.5. The first-order valence-electron chi connectivity index (χ1n) is 10.3. The predicted molar refractivity (Wildman–Crippen MR) is 112 cm³/mol. The fourth-order valence-corrected chi connectivity index (χ4v) is 5.81. The van der Waals surface area contributed by atoms with Gasteiger partial charge < -0.3 is 15.7 Å². The van der Waals surface area contributed by atoms with Crippen molar-refractivity contribution in [3.8, 4) is 0 Å². The molecular weight excluding hydrogens is 406 g/mol. The Balaban J connectivity index is 1.70. The Morgan fingerprint density at radius 2 is 1.77 bits per heavy atom. The molecule has 1 saturated carbocycles. The van der Waals surface area contributed by atoms with E-state index in [1.165, 1.54) is 35.0 Å². The van der Waals surface area contributed by atoms with Crippen molar-refractivity contribution in [1.29, 1.82) is 0 Å². The fourth-order valence-electron chi connectivity index (χ4n) is 4.14. The van der Waals surface area contributed by atoms with Crippen molar-refractivity contribution in [2.24, 2.45) is 0 Å². The molecule has 2 unspecified atom stereocenters. The van der Waals surface area contributed by atoms with E-state index in [4.69, 9.17) is 0 Å². The number of nitrogens with one attached hydrogen (secondary N) is 2. The predicted octanol–water partition coefficient (Wildman–Crippen LogP) is 1.18. The van der Waals surface area contributed by atoms with Gasteiger partial charge in [0.05, 0.1) is 17.5 Å². The molecule has 0 radical (unpaired) electrons. The molecule has 1 aromatic rings. The second-order valence-corrected chi connectivity index (χ2v) is 9.78. The molecule has 3 rings (SSSR count). The average molecular weight is 436 g/mol. The van der Waals surface area contributed by atoms with E-state index in [2.05, 4.69) is 17.2 Å². The Kier molecular flexibility index (Phi) is 7.27. The van der Waals surface area contributed by atoms with Crippen LogP contribution in [0.5, 0.6) is 0 Å². The molecule has 164 valence electrons. The van der Waals surface area contributed by atoms with Gasteiger partial charge in [0.25, 0.3) is 5.91 Å². The molecule has 1 aromatic carbocycles. The first-order valence-corrected chi connectivity index (χ1v) is 11.8. The summed E-state index contributed by atoms with van der Waals surface area (Å²) in [5, 5.41) is 15.3. The van der Waals surface area contributed by atoms with Crippen LogP contribution in [0.15, 0.2) is 41.8 Å². The molecular formula is C21H29N3O5S. The number of benzene rings is 1. The molecule has 0 aromatic heterocycles. The van der Waals surface area contributed by atoms with Crippen LogP contribution in [0.25, 0.3) is 0 Å². The van der Waals surface area contributed by atoms with Crippen LogP contribution < -0.4 is 10.6 Å². The highest BCUT2D eigenvalue weighted by atomic mass is 32.2. The number of rotatable bonds is 7. The standard InChI is InChI=1S/C21H29N3O5S/c1-2-20(26)22-17-12-18(14-25)24(13-17)30(28,29)19-10-8-15(9-11-19)21(27)23-16-6-4-3-5-7-16/h2,8-11,16-18,25H,1,3-7,12-14H2,(H,22,26)(H,23,27). The molecule has 2 atom stereocenters. The third-order valence-electron chi connectivity index (χ3n) is 5.77. The Labute approximate surface area is 177 Å². The normalized spacial score (nSPS) is 23.1. The average Bonchev–Trinajstić information content (AvgIpc) is 3.18. The molecule has 3 N–H and O–H groups in total. The number of carbonyl (C=O) groups is 2. The quantitative estimate of drug-likeness (QED) is 0.556. The lowest BCUT2D eigenvalue weighted by Crippen LogP contribution is -2.39. The topological polar surface area (TPSA) is 116 Å². The lowest BCUT2D eigenvalue weighted by atomic mass is 9.95. The minimum atomic E-state index is -3.88. The minimum Gasteiger partial charge on any atom is -0.395 e. The van der Waals surface area contributed by atoms with Crippen LogP contribution in [-0.4, -0.2) is 60.9 Å². The van der Waals surface area contributed by atoms with Gasteiger partial charge in [0.2, 0.25) is 15.9 Å². The Morgan fingerprint density at radius 3 is 2.37 bits per heavy atom. The number of hydrogen-bond acceptors (Lipinski definition) is 5. The zero-order chi connectivity index (χ0) is 21.7. The van der Waals surface area contributed by atoms with Gasteiger partial charge in [-0.3, -0.25) is 9.59 Å². The number of nitrogens with zero attached hydrogens (tertiary/aromatic N) is 1. The zero-order valence-electron chi connectivity index (χ0n) is 16.9. The van der Waals surface area contributed by atoms with Gasteiger partial charge in [-0.1, -0.05) is 25.8 Å². The molecule has 0 spiro atoms. The second-order valence-electron chi connectivity index (χ2n) is 7.89. The van der Waals surface area contributed by atoms with E-state index < -0.39 is 22.1 Å². The van der Waals surface area contributed by atoms with Crippen molar-refractivity contribution in [1.82, 2.24) is 14.9 Å². The van der Waals surface area contributed by atoms with Crippen LogP contribution >= 0.6 is 0 Å². The number of amides is 2. The summed E-state index contributed by atoms with van der Waals surface area (Å²) in [6, 6.07) is 4.98. The van der Waals surface area contributed by atoms with Crippen LogP contribution in [0.4, 0.5) is 0 Å². The molecule has 1 saturated heterocycles. The van der Waals surface area contributed by atoms with E-state index in [1.54, 1.807) is 0 Å². The monoisotopic (exact) mass is 435 g/mol. The van der Waals surface area contributed by atoms with Crippen molar-refractivity contribution in [2.75, 3.05) is 13.2 Å². The van der Waals surface area contributed by atoms with Crippen molar-refractivity contribution in [3.63, 3.8) is 0 Å². The summed E-state index contributed by atoms with van der Waals surface area (Å²) in [6.45, 7) is 3.11. The number of aliphatic hydroxyl groups excluding tert-OH is 1. The van der Waals surface area contributed by atoms with Crippen molar-refractivity contribution in [3.05, 3.63) is 42.5 Å². The van der Waals surface area contributed by atoms with Crippen molar-refractivity contribution in [2.45, 2.75) is 61.5 Å². The van der Waals surface area contributed by atoms with Gasteiger partial charge in [0, 0.05) is 24.2 Å². The molecule has 2 aliphatic rings. The summed E-state index contributed by atoms with van der Waals surface area (Å²) in [4.78, 5) is 24.0. The van der Waals surface area contributed by atoms with Gasteiger partial charge in [-0.25, -0.2) is 8.42 Å². The lowest BCUT2D eigenvalue weighted by molar-refractivity contribution is -0.117. The molecule has 9 heteroatoms. The van der Waals surface area contributed by atoms with E-state index in [9.17, 15) is 23.1 Å². The maximum atomic E-state index is 13.1. The largest absolute Gasteiger partial charge is 0.395 e. The Hall–Kier alpha value is -2.23. The number of aliphatic hydroxyl groups is 1. The molecule has 2 fully saturated rings. The molecule has 0 bridgehead atoms. The number of hydrogen-bond donors (Lipinski definition) is 3.